The largest absolute Gasteiger partial charge is 0.368 e. The molecule has 0 atom stereocenters. The molecular weight excluding hydrogens is 386 g/mol. The van der Waals surface area contributed by atoms with Crippen LogP contribution in [-0.4, -0.2) is 67.5 Å². The average Bonchev–Trinajstić information content (AvgIpc) is 2.83. The number of aliphatic imine (C=N–C) groups is 1. The number of para-hydroxylation sites is 1. The molecule has 31 heavy (non-hydrogen) atoms. The van der Waals surface area contributed by atoms with E-state index in [9.17, 15) is 4.79 Å². The van der Waals surface area contributed by atoms with Crippen LogP contribution in [0, 0.1) is 0 Å². The van der Waals surface area contributed by atoms with Crippen LogP contribution in [0.15, 0.2) is 59.6 Å². The standard InChI is InChI=1S/C25H35N5O/c1-4-26-25(30-18-16-29(17-19-30)23-10-8-7-9-11-23)27-20-21-12-14-22(15-13-21)24(31)28(5-2)6-3/h7-15H,4-6,16-20H2,1-3H3,(H,26,27). The first kappa shape index (κ1) is 22.7. The second-order valence-corrected chi connectivity index (χ2v) is 7.65. The van der Waals surface area contributed by atoms with Gasteiger partial charge in [0.05, 0.1) is 6.54 Å². The van der Waals surface area contributed by atoms with Gasteiger partial charge in [-0.25, -0.2) is 4.99 Å². The third kappa shape index (κ3) is 6.00. The van der Waals surface area contributed by atoms with Gasteiger partial charge in [-0.3, -0.25) is 4.79 Å². The van der Waals surface area contributed by atoms with Crippen LogP contribution in [0.2, 0.25) is 0 Å². The van der Waals surface area contributed by atoms with Crippen LogP contribution in [0.3, 0.4) is 0 Å². The molecule has 6 nitrogen and oxygen atoms in total. The predicted molar refractivity (Wildman–Crippen MR) is 129 cm³/mol. The molecule has 1 aliphatic heterocycles. The van der Waals surface area contributed by atoms with E-state index in [0.717, 1.165) is 62.9 Å². The predicted octanol–water partition coefficient (Wildman–Crippen LogP) is 3.46. The molecule has 1 amide bonds. The summed E-state index contributed by atoms with van der Waals surface area (Å²) in [5, 5.41) is 3.43. The SMILES string of the molecule is CCNC(=NCc1ccc(C(=O)N(CC)CC)cc1)N1CCN(c2ccccc2)CC1. The Hall–Kier alpha value is -3.02. The van der Waals surface area contributed by atoms with Gasteiger partial charge in [-0.2, -0.15) is 0 Å². The fourth-order valence-corrected chi connectivity index (χ4v) is 3.85. The lowest BCUT2D eigenvalue weighted by Crippen LogP contribution is -2.52. The quantitative estimate of drug-likeness (QED) is 0.550. The minimum atomic E-state index is 0.0877. The van der Waals surface area contributed by atoms with E-state index < -0.39 is 0 Å². The Bertz CT molecular complexity index is 838. The fraction of sp³-hybridized carbons (Fsp3) is 0.440. The Kier molecular flexibility index (Phi) is 8.33. The van der Waals surface area contributed by atoms with E-state index in [-0.39, 0.29) is 5.91 Å². The minimum absolute atomic E-state index is 0.0877. The third-order valence-electron chi connectivity index (χ3n) is 5.70. The van der Waals surface area contributed by atoms with E-state index in [0.29, 0.717) is 6.54 Å². The van der Waals surface area contributed by atoms with Gasteiger partial charge in [-0.15, -0.1) is 0 Å². The monoisotopic (exact) mass is 421 g/mol. The van der Waals surface area contributed by atoms with Crippen molar-refractivity contribution >= 4 is 17.6 Å². The first-order valence-corrected chi connectivity index (χ1v) is 11.4. The van der Waals surface area contributed by atoms with Crippen molar-refractivity contribution in [3.05, 3.63) is 65.7 Å². The molecule has 0 unspecified atom stereocenters. The lowest BCUT2D eigenvalue weighted by atomic mass is 10.1. The maximum atomic E-state index is 12.5. The van der Waals surface area contributed by atoms with Crippen molar-refractivity contribution in [3.8, 4) is 0 Å². The lowest BCUT2D eigenvalue weighted by molar-refractivity contribution is 0.0773. The molecule has 1 saturated heterocycles. The maximum Gasteiger partial charge on any atom is 0.253 e. The highest BCUT2D eigenvalue weighted by atomic mass is 16.2. The van der Waals surface area contributed by atoms with Gasteiger partial charge >= 0.3 is 0 Å². The summed E-state index contributed by atoms with van der Waals surface area (Å²) in [6, 6.07) is 18.4. The van der Waals surface area contributed by atoms with Gasteiger partial charge in [-0.1, -0.05) is 30.3 Å². The summed E-state index contributed by atoms with van der Waals surface area (Å²) in [4.78, 5) is 23.9. The van der Waals surface area contributed by atoms with E-state index in [1.54, 1.807) is 0 Å². The number of nitrogens with one attached hydrogen (secondary N) is 1. The zero-order chi connectivity index (χ0) is 22.1. The van der Waals surface area contributed by atoms with E-state index >= 15 is 0 Å². The van der Waals surface area contributed by atoms with Crippen molar-refractivity contribution < 1.29 is 4.79 Å². The maximum absolute atomic E-state index is 12.5. The lowest BCUT2D eigenvalue weighted by Gasteiger charge is -2.37. The van der Waals surface area contributed by atoms with Crippen LogP contribution < -0.4 is 10.2 Å². The second kappa shape index (κ2) is 11.4. The van der Waals surface area contributed by atoms with Crippen LogP contribution in [0.1, 0.15) is 36.7 Å². The van der Waals surface area contributed by atoms with Crippen molar-refractivity contribution in [2.75, 3.05) is 50.7 Å². The van der Waals surface area contributed by atoms with Crippen molar-refractivity contribution in [2.24, 2.45) is 4.99 Å². The van der Waals surface area contributed by atoms with Gasteiger partial charge in [0.25, 0.3) is 5.91 Å². The number of guanidine groups is 1. The van der Waals surface area contributed by atoms with Crippen LogP contribution in [-0.2, 0) is 6.54 Å². The van der Waals surface area contributed by atoms with E-state index in [2.05, 4.69) is 52.4 Å². The molecule has 1 fully saturated rings. The molecule has 0 bridgehead atoms. The zero-order valence-electron chi connectivity index (χ0n) is 19.1. The molecule has 2 aromatic rings. The fourth-order valence-electron chi connectivity index (χ4n) is 3.85. The summed E-state index contributed by atoms with van der Waals surface area (Å²) in [5.41, 5.74) is 3.12. The van der Waals surface area contributed by atoms with Gasteiger partial charge in [0.15, 0.2) is 5.96 Å². The number of amides is 1. The first-order chi connectivity index (χ1) is 15.2. The average molecular weight is 422 g/mol. The highest BCUT2D eigenvalue weighted by Crippen LogP contribution is 2.16. The topological polar surface area (TPSA) is 51.2 Å². The molecule has 2 aromatic carbocycles. The highest BCUT2D eigenvalue weighted by molar-refractivity contribution is 5.94. The van der Waals surface area contributed by atoms with Crippen LogP contribution in [0.5, 0.6) is 0 Å². The van der Waals surface area contributed by atoms with Gasteiger partial charge in [0.1, 0.15) is 0 Å². The summed E-state index contributed by atoms with van der Waals surface area (Å²) >= 11 is 0. The molecule has 166 valence electrons. The molecule has 0 saturated carbocycles. The van der Waals surface area contributed by atoms with Crippen LogP contribution in [0.4, 0.5) is 5.69 Å². The Balaban J connectivity index is 1.60. The molecule has 3 rings (SSSR count). The number of hydrogen-bond donors (Lipinski definition) is 1. The summed E-state index contributed by atoms with van der Waals surface area (Å²) in [7, 11) is 0. The van der Waals surface area contributed by atoms with Gasteiger partial charge in [0.2, 0.25) is 0 Å². The summed E-state index contributed by atoms with van der Waals surface area (Å²) in [6.45, 7) is 12.9. The minimum Gasteiger partial charge on any atom is -0.368 e. The Morgan fingerprint density at radius 2 is 1.58 bits per heavy atom. The van der Waals surface area contributed by atoms with E-state index in [4.69, 9.17) is 4.99 Å². The van der Waals surface area contributed by atoms with Gasteiger partial charge < -0.3 is 20.0 Å². The molecular formula is C25H35N5O. The van der Waals surface area contributed by atoms with E-state index in [1.807, 2.05) is 43.0 Å². The Morgan fingerprint density at radius 3 is 2.16 bits per heavy atom. The molecule has 6 heteroatoms. The van der Waals surface area contributed by atoms with Crippen molar-refractivity contribution in [2.45, 2.75) is 27.3 Å². The zero-order valence-corrected chi connectivity index (χ0v) is 19.1. The van der Waals surface area contributed by atoms with Crippen molar-refractivity contribution in [1.82, 2.24) is 15.1 Å². The Labute approximate surface area is 186 Å². The molecule has 0 radical (unpaired) electrons. The molecule has 1 N–H and O–H groups in total. The Morgan fingerprint density at radius 1 is 0.935 bits per heavy atom. The smallest absolute Gasteiger partial charge is 0.253 e. The second-order valence-electron chi connectivity index (χ2n) is 7.65. The summed E-state index contributed by atoms with van der Waals surface area (Å²) < 4.78 is 0. The normalized spacial score (nSPS) is 14.5. The number of hydrogen-bond acceptors (Lipinski definition) is 3. The van der Waals surface area contributed by atoms with Gasteiger partial charge in [-0.05, 0) is 50.6 Å². The number of rotatable bonds is 7. The number of anilines is 1. The number of carbonyl (C=O) groups is 1. The van der Waals surface area contributed by atoms with Crippen molar-refractivity contribution in [3.63, 3.8) is 0 Å². The molecule has 1 heterocycles. The summed E-state index contributed by atoms with van der Waals surface area (Å²) in [5.74, 6) is 1.04. The number of piperazine rings is 1. The van der Waals surface area contributed by atoms with Crippen LogP contribution in [0.25, 0.3) is 0 Å². The highest BCUT2D eigenvalue weighted by Gasteiger charge is 2.19. The molecule has 1 aliphatic rings. The van der Waals surface area contributed by atoms with E-state index in [1.165, 1.54) is 5.69 Å². The number of nitrogens with zero attached hydrogens (tertiary/aromatic N) is 4. The summed E-state index contributed by atoms with van der Waals surface area (Å²) in [6.07, 6.45) is 0. The number of benzene rings is 2. The van der Waals surface area contributed by atoms with Crippen LogP contribution >= 0.6 is 0 Å². The third-order valence-corrected chi connectivity index (χ3v) is 5.70. The molecule has 0 aromatic heterocycles. The number of carbonyl (C=O) groups excluding carboxylic acids is 1. The first-order valence-electron chi connectivity index (χ1n) is 11.4. The molecule has 0 spiro atoms. The van der Waals surface area contributed by atoms with Crippen molar-refractivity contribution in [1.29, 1.82) is 0 Å². The van der Waals surface area contributed by atoms with Gasteiger partial charge in [0, 0.05) is 57.1 Å². The molecule has 0 aliphatic carbocycles.